The molecular formula is C21H26N2O3S. The lowest BCUT2D eigenvalue weighted by atomic mass is 9.93. The largest absolute Gasteiger partial charge is 0.462 e. The van der Waals surface area contributed by atoms with Gasteiger partial charge in [0.2, 0.25) is 5.91 Å². The van der Waals surface area contributed by atoms with Crippen LogP contribution in [-0.4, -0.2) is 33.8 Å². The van der Waals surface area contributed by atoms with Gasteiger partial charge in [-0.3, -0.25) is 9.69 Å². The number of allylic oxidation sites excluding steroid dienone is 1. The highest BCUT2D eigenvalue weighted by atomic mass is 32.2. The second-order valence-electron chi connectivity index (χ2n) is 7.35. The molecule has 1 fully saturated rings. The van der Waals surface area contributed by atoms with Crippen molar-refractivity contribution in [2.45, 2.75) is 52.3 Å². The van der Waals surface area contributed by atoms with E-state index in [1.807, 2.05) is 52.0 Å². The normalized spacial score (nSPS) is 22.2. The molecular weight excluding hydrogens is 360 g/mol. The highest BCUT2D eigenvalue weighted by Gasteiger charge is 2.46. The fraction of sp³-hybridized carbons (Fsp3) is 0.476. The Kier molecular flexibility index (Phi) is 5.75. The summed E-state index contributed by atoms with van der Waals surface area (Å²) in [5.41, 5.74) is 3.18. The van der Waals surface area contributed by atoms with Crippen molar-refractivity contribution in [2.24, 2.45) is 10.9 Å². The molecule has 27 heavy (non-hydrogen) atoms. The molecule has 1 aromatic rings. The maximum Gasteiger partial charge on any atom is 0.338 e. The third kappa shape index (κ3) is 3.81. The lowest BCUT2D eigenvalue weighted by molar-refractivity contribution is -0.141. The van der Waals surface area contributed by atoms with E-state index >= 15 is 0 Å². The van der Waals surface area contributed by atoms with Crippen LogP contribution in [-0.2, 0) is 20.7 Å². The van der Waals surface area contributed by atoms with E-state index in [0.29, 0.717) is 23.0 Å². The van der Waals surface area contributed by atoms with Crippen LogP contribution >= 0.6 is 11.8 Å². The number of carbonyl (C=O) groups excluding carboxylic acids is 2. The second kappa shape index (κ2) is 7.89. The Labute approximate surface area is 164 Å². The van der Waals surface area contributed by atoms with E-state index in [1.165, 1.54) is 17.3 Å². The van der Waals surface area contributed by atoms with Crippen LogP contribution in [0.4, 0.5) is 0 Å². The minimum Gasteiger partial charge on any atom is -0.462 e. The van der Waals surface area contributed by atoms with E-state index in [2.05, 4.69) is 11.9 Å². The molecule has 144 valence electrons. The van der Waals surface area contributed by atoms with Gasteiger partial charge in [0.15, 0.2) is 5.17 Å². The first-order chi connectivity index (χ1) is 12.8. The van der Waals surface area contributed by atoms with E-state index < -0.39 is 12.0 Å². The Bertz CT molecular complexity index is 811. The number of amidine groups is 1. The van der Waals surface area contributed by atoms with E-state index in [9.17, 15) is 9.59 Å². The number of benzene rings is 1. The predicted molar refractivity (Wildman–Crippen MR) is 108 cm³/mol. The van der Waals surface area contributed by atoms with Gasteiger partial charge in [0, 0.05) is 0 Å². The molecule has 0 saturated carbocycles. The average Bonchev–Trinajstić information content (AvgIpc) is 2.92. The third-order valence-corrected chi connectivity index (χ3v) is 5.78. The summed E-state index contributed by atoms with van der Waals surface area (Å²) in [6.07, 6.45) is 0.936. The Morgan fingerprint density at radius 1 is 1.30 bits per heavy atom. The van der Waals surface area contributed by atoms with E-state index in [-0.39, 0.29) is 17.1 Å². The molecule has 0 spiro atoms. The number of carbonyl (C=O) groups is 2. The van der Waals surface area contributed by atoms with Crippen molar-refractivity contribution < 1.29 is 14.3 Å². The molecule has 2 unspecified atom stereocenters. The molecule has 1 aromatic carbocycles. The smallest absolute Gasteiger partial charge is 0.338 e. The van der Waals surface area contributed by atoms with Crippen LogP contribution in [0.1, 0.15) is 51.8 Å². The number of fused-ring (bicyclic) bond motifs is 1. The lowest BCUT2D eigenvalue weighted by Crippen LogP contribution is -2.40. The lowest BCUT2D eigenvalue weighted by Gasteiger charge is -2.33. The number of ether oxygens (including phenoxy) is 1. The topological polar surface area (TPSA) is 59.0 Å². The standard InChI is InChI=1S/C21H26N2O3S/c1-6-15-7-9-16(10-8-15)18-17(20(25)26-11-12(2)3)13(4)22-21-23(18)19(24)14(5)27-21/h7-10,12,14,18H,6,11H2,1-5H3. The Balaban J connectivity index is 2.05. The van der Waals surface area contributed by atoms with Crippen molar-refractivity contribution >= 4 is 28.8 Å². The Morgan fingerprint density at radius 3 is 2.56 bits per heavy atom. The van der Waals surface area contributed by atoms with Crippen molar-refractivity contribution in [1.29, 1.82) is 0 Å². The van der Waals surface area contributed by atoms with Crippen LogP contribution in [0.5, 0.6) is 0 Å². The van der Waals surface area contributed by atoms with Crippen molar-refractivity contribution in [3.05, 3.63) is 46.7 Å². The SMILES string of the molecule is CCc1ccc(C2C(C(=O)OCC(C)C)=C(C)N=C3SC(C)C(=O)N32)cc1. The van der Waals surface area contributed by atoms with E-state index in [4.69, 9.17) is 4.74 Å². The zero-order chi connectivity index (χ0) is 19.7. The van der Waals surface area contributed by atoms with Crippen molar-refractivity contribution in [3.8, 4) is 0 Å². The van der Waals surface area contributed by atoms with Gasteiger partial charge < -0.3 is 4.74 Å². The highest BCUT2D eigenvalue weighted by Crippen LogP contribution is 2.43. The number of thioether (sulfide) groups is 1. The molecule has 2 atom stereocenters. The number of hydrogen-bond acceptors (Lipinski definition) is 5. The fourth-order valence-electron chi connectivity index (χ4n) is 3.23. The molecule has 1 saturated heterocycles. The summed E-state index contributed by atoms with van der Waals surface area (Å²) in [4.78, 5) is 31.9. The molecule has 2 aliphatic rings. The number of aliphatic imine (C=N–C) groups is 1. The quantitative estimate of drug-likeness (QED) is 0.715. The summed E-state index contributed by atoms with van der Waals surface area (Å²) < 4.78 is 5.51. The van der Waals surface area contributed by atoms with Crippen LogP contribution in [0.3, 0.4) is 0 Å². The molecule has 3 rings (SSSR count). The number of nitrogens with zero attached hydrogens (tertiary/aromatic N) is 2. The zero-order valence-corrected chi connectivity index (χ0v) is 17.3. The van der Waals surface area contributed by atoms with Gasteiger partial charge >= 0.3 is 5.97 Å². The Hall–Kier alpha value is -2.08. The molecule has 0 N–H and O–H groups in total. The maximum absolute atomic E-state index is 12.9. The number of aryl methyl sites for hydroxylation is 1. The summed E-state index contributed by atoms with van der Waals surface area (Å²) in [7, 11) is 0. The number of hydrogen-bond donors (Lipinski definition) is 0. The van der Waals surface area contributed by atoms with Crippen molar-refractivity contribution in [2.75, 3.05) is 6.61 Å². The fourth-order valence-corrected chi connectivity index (χ4v) is 4.26. The van der Waals surface area contributed by atoms with Crippen LogP contribution in [0.25, 0.3) is 0 Å². The number of amides is 1. The summed E-state index contributed by atoms with van der Waals surface area (Å²) in [5.74, 6) is -0.181. The van der Waals surface area contributed by atoms with Gasteiger partial charge in [-0.1, -0.05) is 56.8 Å². The molecule has 6 heteroatoms. The summed E-state index contributed by atoms with van der Waals surface area (Å²) >= 11 is 1.44. The van der Waals surface area contributed by atoms with Gasteiger partial charge in [-0.25, -0.2) is 9.79 Å². The first kappa shape index (κ1) is 19.7. The van der Waals surface area contributed by atoms with Gasteiger partial charge in [-0.2, -0.15) is 0 Å². The van der Waals surface area contributed by atoms with Gasteiger partial charge in [-0.15, -0.1) is 0 Å². The predicted octanol–water partition coefficient (Wildman–Crippen LogP) is 4.10. The van der Waals surface area contributed by atoms with Gasteiger partial charge in [-0.05, 0) is 37.3 Å². The monoisotopic (exact) mass is 386 g/mol. The molecule has 0 aromatic heterocycles. The molecule has 1 amide bonds. The highest BCUT2D eigenvalue weighted by molar-refractivity contribution is 8.15. The second-order valence-corrected chi connectivity index (χ2v) is 8.66. The molecule has 0 aliphatic carbocycles. The molecule has 5 nitrogen and oxygen atoms in total. The zero-order valence-electron chi connectivity index (χ0n) is 16.5. The minimum atomic E-state index is -0.493. The third-order valence-electron chi connectivity index (χ3n) is 4.73. The van der Waals surface area contributed by atoms with E-state index in [0.717, 1.165) is 12.0 Å². The summed E-state index contributed by atoms with van der Waals surface area (Å²) in [6, 6.07) is 7.59. The van der Waals surface area contributed by atoms with E-state index in [1.54, 1.807) is 4.90 Å². The maximum atomic E-state index is 12.9. The number of esters is 1. The Morgan fingerprint density at radius 2 is 1.96 bits per heavy atom. The summed E-state index contributed by atoms with van der Waals surface area (Å²) in [5, 5.41) is 0.454. The van der Waals surface area contributed by atoms with Crippen LogP contribution in [0, 0.1) is 5.92 Å². The minimum absolute atomic E-state index is 0.0232. The number of rotatable bonds is 5. The van der Waals surface area contributed by atoms with Crippen LogP contribution in [0.2, 0.25) is 0 Å². The van der Waals surface area contributed by atoms with Crippen molar-refractivity contribution in [3.63, 3.8) is 0 Å². The van der Waals surface area contributed by atoms with Gasteiger partial charge in [0.25, 0.3) is 0 Å². The molecule has 0 bridgehead atoms. The molecule has 2 aliphatic heterocycles. The molecule has 2 heterocycles. The van der Waals surface area contributed by atoms with Gasteiger partial charge in [0.05, 0.1) is 29.2 Å². The summed E-state index contributed by atoms with van der Waals surface area (Å²) in [6.45, 7) is 10.1. The first-order valence-electron chi connectivity index (χ1n) is 9.38. The van der Waals surface area contributed by atoms with Gasteiger partial charge in [0.1, 0.15) is 0 Å². The van der Waals surface area contributed by atoms with Crippen molar-refractivity contribution in [1.82, 2.24) is 4.90 Å². The first-order valence-corrected chi connectivity index (χ1v) is 10.3. The molecule has 0 radical (unpaired) electrons. The van der Waals surface area contributed by atoms with Crippen LogP contribution in [0.15, 0.2) is 40.5 Å². The average molecular weight is 387 g/mol. The van der Waals surface area contributed by atoms with Crippen LogP contribution < -0.4 is 0 Å².